The number of aryl methyl sites for hydroxylation is 1. The Morgan fingerprint density at radius 1 is 1.29 bits per heavy atom. The molecule has 3 rings (SSSR count). The molecule has 0 aliphatic carbocycles. The Labute approximate surface area is 123 Å². The fraction of sp³-hybridized carbons (Fsp3) is 0.250. The van der Waals surface area contributed by atoms with Gasteiger partial charge >= 0.3 is 0 Å². The first-order valence-electron chi connectivity index (χ1n) is 6.97. The van der Waals surface area contributed by atoms with Crippen molar-refractivity contribution in [3.05, 3.63) is 60.7 Å². The SMILES string of the molecule is Cc1nccn1-c1ccc(NC(C)Cc2ccco2)cn1. The smallest absolute Gasteiger partial charge is 0.138 e. The van der Waals surface area contributed by atoms with Gasteiger partial charge in [0.1, 0.15) is 17.4 Å². The Bertz CT molecular complexity index is 685. The van der Waals surface area contributed by atoms with Crippen molar-refractivity contribution < 1.29 is 4.42 Å². The molecule has 0 aliphatic heterocycles. The molecule has 0 radical (unpaired) electrons. The maximum Gasteiger partial charge on any atom is 0.138 e. The molecular weight excluding hydrogens is 264 g/mol. The lowest BCUT2D eigenvalue weighted by molar-refractivity contribution is 0.498. The molecule has 0 saturated carbocycles. The number of anilines is 1. The van der Waals surface area contributed by atoms with Crippen molar-refractivity contribution in [1.82, 2.24) is 14.5 Å². The summed E-state index contributed by atoms with van der Waals surface area (Å²) < 4.78 is 7.31. The second kappa shape index (κ2) is 5.83. The van der Waals surface area contributed by atoms with Gasteiger partial charge in [-0.1, -0.05) is 0 Å². The number of nitrogens with one attached hydrogen (secondary N) is 1. The van der Waals surface area contributed by atoms with Crippen molar-refractivity contribution in [2.45, 2.75) is 26.3 Å². The van der Waals surface area contributed by atoms with E-state index >= 15 is 0 Å². The fourth-order valence-corrected chi connectivity index (χ4v) is 2.30. The topological polar surface area (TPSA) is 55.9 Å². The largest absolute Gasteiger partial charge is 0.469 e. The van der Waals surface area contributed by atoms with E-state index in [-0.39, 0.29) is 6.04 Å². The van der Waals surface area contributed by atoms with E-state index < -0.39 is 0 Å². The summed E-state index contributed by atoms with van der Waals surface area (Å²) in [5, 5.41) is 3.42. The second-order valence-electron chi connectivity index (χ2n) is 5.08. The monoisotopic (exact) mass is 282 g/mol. The molecule has 3 heterocycles. The van der Waals surface area contributed by atoms with Crippen LogP contribution in [0, 0.1) is 6.92 Å². The fourth-order valence-electron chi connectivity index (χ4n) is 2.30. The molecule has 0 saturated heterocycles. The summed E-state index contributed by atoms with van der Waals surface area (Å²) in [7, 11) is 0. The van der Waals surface area contributed by atoms with Gasteiger partial charge < -0.3 is 9.73 Å². The normalized spacial score (nSPS) is 12.3. The summed E-state index contributed by atoms with van der Waals surface area (Å²) >= 11 is 0. The van der Waals surface area contributed by atoms with Crippen LogP contribution >= 0.6 is 0 Å². The summed E-state index contributed by atoms with van der Waals surface area (Å²) in [6.45, 7) is 4.08. The molecule has 3 aromatic heterocycles. The zero-order valence-corrected chi connectivity index (χ0v) is 12.2. The molecule has 1 atom stereocenters. The van der Waals surface area contributed by atoms with Crippen LogP contribution in [0.25, 0.3) is 5.82 Å². The zero-order valence-electron chi connectivity index (χ0n) is 12.2. The third-order valence-corrected chi connectivity index (χ3v) is 3.32. The summed E-state index contributed by atoms with van der Waals surface area (Å²) in [6, 6.07) is 8.18. The maximum absolute atomic E-state index is 5.36. The van der Waals surface area contributed by atoms with Gasteiger partial charge in [0.2, 0.25) is 0 Å². The first-order chi connectivity index (χ1) is 10.2. The van der Waals surface area contributed by atoms with Crippen LogP contribution < -0.4 is 5.32 Å². The van der Waals surface area contributed by atoms with Gasteiger partial charge in [-0.15, -0.1) is 0 Å². The number of imidazole rings is 1. The van der Waals surface area contributed by atoms with E-state index in [0.29, 0.717) is 0 Å². The highest BCUT2D eigenvalue weighted by atomic mass is 16.3. The van der Waals surface area contributed by atoms with E-state index in [1.807, 2.05) is 48.1 Å². The van der Waals surface area contributed by atoms with Gasteiger partial charge in [-0.2, -0.15) is 0 Å². The number of furan rings is 1. The van der Waals surface area contributed by atoms with Crippen LogP contribution in [-0.4, -0.2) is 20.6 Å². The molecule has 1 N–H and O–H groups in total. The molecule has 5 heteroatoms. The third kappa shape index (κ3) is 3.13. The van der Waals surface area contributed by atoms with E-state index in [1.54, 1.807) is 12.5 Å². The van der Waals surface area contributed by atoms with Gasteiger partial charge in [-0.25, -0.2) is 9.97 Å². The molecule has 21 heavy (non-hydrogen) atoms. The average Bonchev–Trinajstić information content (AvgIpc) is 3.11. The molecule has 0 fully saturated rings. The van der Waals surface area contributed by atoms with E-state index in [1.165, 1.54) is 0 Å². The van der Waals surface area contributed by atoms with Gasteiger partial charge in [-0.05, 0) is 38.1 Å². The van der Waals surface area contributed by atoms with Crippen molar-refractivity contribution in [2.24, 2.45) is 0 Å². The lowest BCUT2D eigenvalue weighted by Gasteiger charge is -2.14. The number of pyridine rings is 1. The third-order valence-electron chi connectivity index (χ3n) is 3.32. The quantitative estimate of drug-likeness (QED) is 0.780. The Morgan fingerprint density at radius 3 is 2.81 bits per heavy atom. The lowest BCUT2D eigenvalue weighted by atomic mass is 10.2. The molecular formula is C16H18N4O. The molecule has 0 aromatic carbocycles. The maximum atomic E-state index is 5.36. The number of aromatic nitrogens is 3. The number of rotatable bonds is 5. The van der Waals surface area contributed by atoms with Crippen LogP contribution in [0.4, 0.5) is 5.69 Å². The lowest BCUT2D eigenvalue weighted by Crippen LogP contribution is -2.17. The van der Waals surface area contributed by atoms with Crippen LogP contribution in [0.5, 0.6) is 0 Å². The Balaban J connectivity index is 1.66. The second-order valence-corrected chi connectivity index (χ2v) is 5.08. The van der Waals surface area contributed by atoms with Crippen molar-refractivity contribution in [3.8, 4) is 5.82 Å². The minimum atomic E-state index is 0.277. The minimum Gasteiger partial charge on any atom is -0.469 e. The van der Waals surface area contributed by atoms with Crippen molar-refractivity contribution in [3.63, 3.8) is 0 Å². The van der Waals surface area contributed by atoms with Crippen LogP contribution in [0.2, 0.25) is 0 Å². The van der Waals surface area contributed by atoms with Crippen LogP contribution in [-0.2, 0) is 6.42 Å². The molecule has 0 spiro atoms. The average molecular weight is 282 g/mol. The van der Waals surface area contributed by atoms with Crippen LogP contribution in [0.3, 0.4) is 0 Å². The minimum absolute atomic E-state index is 0.277. The van der Waals surface area contributed by atoms with Crippen LogP contribution in [0.15, 0.2) is 53.5 Å². The predicted octanol–water partition coefficient (Wildman–Crippen LogP) is 3.21. The number of hydrogen-bond donors (Lipinski definition) is 1. The zero-order chi connectivity index (χ0) is 14.7. The van der Waals surface area contributed by atoms with Crippen molar-refractivity contribution in [2.75, 3.05) is 5.32 Å². The molecule has 1 unspecified atom stereocenters. The Kier molecular flexibility index (Phi) is 3.73. The summed E-state index contributed by atoms with van der Waals surface area (Å²) in [4.78, 5) is 8.67. The van der Waals surface area contributed by atoms with E-state index in [2.05, 4.69) is 22.2 Å². The standard InChI is InChI=1S/C16H18N4O/c1-12(10-15-4-3-9-21-15)19-14-5-6-16(18-11-14)20-8-7-17-13(20)2/h3-9,11-12,19H,10H2,1-2H3. The van der Waals surface area contributed by atoms with Crippen molar-refractivity contribution >= 4 is 5.69 Å². The molecule has 0 bridgehead atoms. The number of nitrogens with zero attached hydrogens (tertiary/aromatic N) is 3. The predicted molar refractivity (Wildman–Crippen MR) is 81.6 cm³/mol. The van der Waals surface area contributed by atoms with Crippen LogP contribution in [0.1, 0.15) is 18.5 Å². The van der Waals surface area contributed by atoms with E-state index in [9.17, 15) is 0 Å². The molecule has 108 valence electrons. The van der Waals surface area contributed by atoms with E-state index in [0.717, 1.165) is 29.5 Å². The molecule has 3 aromatic rings. The summed E-state index contributed by atoms with van der Waals surface area (Å²) in [5.41, 5.74) is 0.996. The van der Waals surface area contributed by atoms with Gasteiger partial charge in [0.15, 0.2) is 0 Å². The first-order valence-corrected chi connectivity index (χ1v) is 6.97. The van der Waals surface area contributed by atoms with Gasteiger partial charge in [0, 0.05) is 24.9 Å². The first kappa shape index (κ1) is 13.4. The van der Waals surface area contributed by atoms with Gasteiger partial charge in [0.05, 0.1) is 18.1 Å². The molecule has 0 amide bonds. The summed E-state index contributed by atoms with van der Waals surface area (Å²) in [6.07, 6.45) is 8.06. The van der Waals surface area contributed by atoms with Gasteiger partial charge in [-0.3, -0.25) is 4.57 Å². The number of hydrogen-bond acceptors (Lipinski definition) is 4. The summed E-state index contributed by atoms with van der Waals surface area (Å²) in [5.74, 6) is 2.78. The Morgan fingerprint density at radius 2 is 2.19 bits per heavy atom. The molecule has 0 aliphatic rings. The highest BCUT2D eigenvalue weighted by Crippen LogP contribution is 2.14. The highest BCUT2D eigenvalue weighted by molar-refractivity contribution is 5.44. The highest BCUT2D eigenvalue weighted by Gasteiger charge is 2.07. The van der Waals surface area contributed by atoms with Gasteiger partial charge in [0.25, 0.3) is 0 Å². The van der Waals surface area contributed by atoms with E-state index in [4.69, 9.17) is 4.42 Å². The molecule has 5 nitrogen and oxygen atoms in total. The van der Waals surface area contributed by atoms with Crippen molar-refractivity contribution in [1.29, 1.82) is 0 Å². The Hall–Kier alpha value is -2.56.